The van der Waals surface area contributed by atoms with Gasteiger partial charge in [0.15, 0.2) is 0 Å². The number of hydrogen-bond acceptors (Lipinski definition) is 4. The Hall–Kier alpha value is -1.31. The average molecular weight is 374 g/mol. The summed E-state index contributed by atoms with van der Waals surface area (Å²) in [5.41, 5.74) is 1.27. The van der Waals surface area contributed by atoms with Crippen LogP contribution >= 0.6 is 11.6 Å². The topological polar surface area (TPSA) is 60.9 Å². The van der Waals surface area contributed by atoms with E-state index in [0.717, 1.165) is 35.8 Å². The molecule has 6 nitrogen and oxygen atoms in total. The maximum atomic E-state index is 12.5. The van der Waals surface area contributed by atoms with Crippen LogP contribution < -0.4 is 4.31 Å². The number of carbonyl (C=O) groups is 1. The van der Waals surface area contributed by atoms with Crippen LogP contribution in [0.5, 0.6) is 0 Å². The molecule has 134 valence electrons. The summed E-state index contributed by atoms with van der Waals surface area (Å²) >= 11 is 6.10. The summed E-state index contributed by atoms with van der Waals surface area (Å²) in [4.78, 5) is 16.5. The molecule has 1 fully saturated rings. The molecule has 1 aromatic carbocycles. The average Bonchev–Trinajstić information content (AvgIpc) is 2.54. The molecular weight excluding hydrogens is 350 g/mol. The third kappa shape index (κ3) is 4.62. The van der Waals surface area contributed by atoms with Crippen molar-refractivity contribution in [3.05, 3.63) is 28.8 Å². The molecule has 0 aliphatic carbocycles. The van der Waals surface area contributed by atoms with Crippen LogP contribution in [0.3, 0.4) is 0 Å². The van der Waals surface area contributed by atoms with Crippen molar-refractivity contribution in [2.45, 2.75) is 13.8 Å². The lowest BCUT2D eigenvalue weighted by Gasteiger charge is -2.35. The van der Waals surface area contributed by atoms with Gasteiger partial charge in [0.05, 0.1) is 11.9 Å². The fraction of sp³-hybridized carbons (Fsp3) is 0.562. The Balaban J connectivity index is 2.15. The fourth-order valence-electron chi connectivity index (χ4n) is 2.67. The summed E-state index contributed by atoms with van der Waals surface area (Å²) in [7, 11) is -3.58. The zero-order valence-electron chi connectivity index (χ0n) is 14.3. The molecule has 8 heteroatoms. The molecule has 0 saturated carbocycles. The Morgan fingerprint density at radius 2 is 1.88 bits per heavy atom. The first-order valence-electron chi connectivity index (χ1n) is 7.96. The number of aryl methyl sites for hydroxylation is 1. The van der Waals surface area contributed by atoms with E-state index in [4.69, 9.17) is 11.6 Å². The number of sulfonamides is 1. The van der Waals surface area contributed by atoms with Crippen LogP contribution in [0.2, 0.25) is 5.02 Å². The molecule has 0 radical (unpaired) electrons. The Bertz CT molecular complexity index is 701. The second-order valence-electron chi connectivity index (χ2n) is 6.02. The van der Waals surface area contributed by atoms with Crippen molar-refractivity contribution in [1.82, 2.24) is 9.80 Å². The number of piperazine rings is 1. The SMILES string of the molecule is CCN1CCN(C(=O)CN(c2ccc(C)c(Cl)c2)S(C)(=O)=O)CC1. The van der Waals surface area contributed by atoms with E-state index in [0.29, 0.717) is 23.8 Å². The van der Waals surface area contributed by atoms with Gasteiger partial charge in [-0.15, -0.1) is 0 Å². The highest BCUT2D eigenvalue weighted by atomic mass is 35.5. The molecule has 1 saturated heterocycles. The highest BCUT2D eigenvalue weighted by Crippen LogP contribution is 2.25. The van der Waals surface area contributed by atoms with Crippen LogP contribution in [0.25, 0.3) is 0 Å². The molecule has 0 unspecified atom stereocenters. The number of nitrogens with zero attached hydrogens (tertiary/aromatic N) is 3. The van der Waals surface area contributed by atoms with Crippen molar-refractivity contribution in [3.8, 4) is 0 Å². The van der Waals surface area contributed by atoms with E-state index in [1.54, 1.807) is 23.1 Å². The lowest BCUT2D eigenvalue weighted by molar-refractivity contribution is -0.131. The van der Waals surface area contributed by atoms with E-state index in [-0.39, 0.29) is 12.5 Å². The number of rotatable bonds is 5. The van der Waals surface area contributed by atoms with Crippen molar-refractivity contribution >= 4 is 33.2 Å². The van der Waals surface area contributed by atoms with Crippen LogP contribution in [-0.4, -0.2) is 69.6 Å². The predicted octanol–water partition coefficient (Wildman–Crippen LogP) is 1.58. The number of amides is 1. The van der Waals surface area contributed by atoms with Gasteiger partial charge >= 0.3 is 0 Å². The van der Waals surface area contributed by atoms with Crippen LogP contribution in [0.4, 0.5) is 5.69 Å². The van der Waals surface area contributed by atoms with Crippen molar-refractivity contribution in [1.29, 1.82) is 0 Å². The van der Waals surface area contributed by atoms with Crippen LogP contribution in [0, 0.1) is 6.92 Å². The summed E-state index contributed by atoms with van der Waals surface area (Å²) in [6.45, 7) is 7.57. The van der Waals surface area contributed by atoms with Gasteiger partial charge in [-0.1, -0.05) is 24.6 Å². The lowest BCUT2D eigenvalue weighted by atomic mass is 10.2. The number of benzene rings is 1. The van der Waals surface area contributed by atoms with Gasteiger partial charge in [-0.05, 0) is 31.2 Å². The van der Waals surface area contributed by atoms with E-state index in [2.05, 4.69) is 11.8 Å². The largest absolute Gasteiger partial charge is 0.339 e. The van der Waals surface area contributed by atoms with Crippen molar-refractivity contribution in [2.24, 2.45) is 0 Å². The molecular formula is C16H24ClN3O3S. The number of anilines is 1. The molecule has 0 spiro atoms. The lowest BCUT2D eigenvalue weighted by Crippen LogP contribution is -2.51. The van der Waals surface area contributed by atoms with E-state index in [1.807, 2.05) is 6.92 Å². The maximum absolute atomic E-state index is 12.5. The van der Waals surface area contributed by atoms with Gasteiger partial charge in [0, 0.05) is 31.2 Å². The van der Waals surface area contributed by atoms with Gasteiger partial charge in [0.1, 0.15) is 6.54 Å². The third-order valence-electron chi connectivity index (χ3n) is 4.29. The smallest absolute Gasteiger partial charge is 0.243 e. The third-order valence-corrected chi connectivity index (χ3v) is 5.84. The minimum atomic E-state index is -3.58. The summed E-state index contributed by atoms with van der Waals surface area (Å²) < 4.78 is 25.4. The minimum Gasteiger partial charge on any atom is -0.339 e. The van der Waals surface area contributed by atoms with Gasteiger partial charge in [0.25, 0.3) is 0 Å². The second kappa shape index (κ2) is 7.72. The van der Waals surface area contributed by atoms with Gasteiger partial charge < -0.3 is 9.80 Å². The van der Waals surface area contributed by atoms with Gasteiger partial charge in [0.2, 0.25) is 15.9 Å². The first-order chi connectivity index (χ1) is 11.2. The van der Waals surface area contributed by atoms with Crippen molar-refractivity contribution < 1.29 is 13.2 Å². The predicted molar refractivity (Wildman–Crippen MR) is 97.1 cm³/mol. The Morgan fingerprint density at radius 3 is 2.38 bits per heavy atom. The van der Waals surface area contributed by atoms with Crippen LogP contribution in [-0.2, 0) is 14.8 Å². The minimum absolute atomic E-state index is 0.187. The number of halogens is 1. The van der Waals surface area contributed by atoms with Gasteiger partial charge in [-0.25, -0.2) is 8.42 Å². The quantitative estimate of drug-likeness (QED) is 0.786. The van der Waals surface area contributed by atoms with Crippen molar-refractivity contribution in [2.75, 3.05) is 49.8 Å². The first kappa shape index (κ1) is 19.0. The first-order valence-corrected chi connectivity index (χ1v) is 10.2. The molecule has 0 N–H and O–H groups in total. The number of hydrogen-bond donors (Lipinski definition) is 0. The van der Waals surface area contributed by atoms with Gasteiger partial charge in [-0.2, -0.15) is 0 Å². The monoisotopic (exact) mass is 373 g/mol. The molecule has 1 aromatic rings. The molecule has 1 amide bonds. The van der Waals surface area contributed by atoms with Crippen LogP contribution in [0.15, 0.2) is 18.2 Å². The molecule has 0 aromatic heterocycles. The molecule has 1 aliphatic heterocycles. The number of carbonyl (C=O) groups excluding carboxylic acids is 1. The zero-order valence-corrected chi connectivity index (χ0v) is 15.9. The molecule has 1 aliphatic rings. The molecule has 0 bridgehead atoms. The molecule has 1 heterocycles. The number of likely N-dealkylation sites (N-methyl/N-ethyl adjacent to an activating group) is 1. The standard InChI is InChI=1S/C16H24ClN3O3S/c1-4-18-7-9-19(10-8-18)16(21)12-20(24(3,22)23)14-6-5-13(2)15(17)11-14/h5-6,11H,4,7-10,12H2,1-3H3. The Morgan fingerprint density at radius 1 is 1.25 bits per heavy atom. The summed E-state index contributed by atoms with van der Waals surface area (Å²) in [6.07, 6.45) is 1.10. The van der Waals surface area contributed by atoms with E-state index in [1.165, 1.54) is 0 Å². The summed E-state index contributed by atoms with van der Waals surface area (Å²) in [5, 5.41) is 0.477. The zero-order chi connectivity index (χ0) is 17.9. The molecule has 24 heavy (non-hydrogen) atoms. The molecule has 0 atom stereocenters. The van der Waals surface area contributed by atoms with E-state index in [9.17, 15) is 13.2 Å². The fourth-order valence-corrected chi connectivity index (χ4v) is 3.69. The second-order valence-corrected chi connectivity index (χ2v) is 8.33. The maximum Gasteiger partial charge on any atom is 0.243 e. The van der Waals surface area contributed by atoms with E-state index < -0.39 is 10.0 Å². The van der Waals surface area contributed by atoms with Gasteiger partial charge in [-0.3, -0.25) is 9.10 Å². The van der Waals surface area contributed by atoms with Crippen molar-refractivity contribution in [3.63, 3.8) is 0 Å². The summed E-state index contributed by atoms with van der Waals surface area (Å²) in [6, 6.07) is 5.01. The summed E-state index contributed by atoms with van der Waals surface area (Å²) in [5.74, 6) is -0.187. The van der Waals surface area contributed by atoms with Crippen LogP contribution in [0.1, 0.15) is 12.5 Å². The normalized spacial score (nSPS) is 16.2. The highest BCUT2D eigenvalue weighted by molar-refractivity contribution is 7.92. The highest BCUT2D eigenvalue weighted by Gasteiger charge is 2.26. The van der Waals surface area contributed by atoms with E-state index >= 15 is 0 Å². The molecule has 2 rings (SSSR count). The Kier molecular flexibility index (Phi) is 6.11. The Labute approximate surface area is 149 Å².